The molecule has 0 saturated carbocycles. The second-order valence-electron chi connectivity index (χ2n) is 4.67. The number of hydrogen-bond donors (Lipinski definition) is 0. The molecule has 0 radical (unpaired) electrons. The lowest BCUT2D eigenvalue weighted by molar-refractivity contribution is -0.533. The Labute approximate surface area is 95.2 Å². The van der Waals surface area contributed by atoms with Crippen LogP contribution < -0.4 is 0 Å². The van der Waals surface area contributed by atoms with Gasteiger partial charge in [0.15, 0.2) is 11.6 Å². The fraction of sp³-hybridized carbons (Fsp3) is 0.385. The third kappa shape index (κ3) is 1.47. The zero-order valence-electron chi connectivity index (χ0n) is 9.47. The molecule has 0 N–H and O–H groups in total. The van der Waals surface area contributed by atoms with Crippen LogP contribution in [0, 0.1) is 16.5 Å². The van der Waals surface area contributed by atoms with E-state index in [2.05, 4.69) is 0 Å². The van der Waals surface area contributed by atoms with E-state index in [4.69, 9.17) is 5.26 Å². The van der Waals surface area contributed by atoms with Crippen LogP contribution in [0.3, 0.4) is 0 Å². The van der Waals surface area contributed by atoms with Crippen LogP contribution in [-0.4, -0.2) is 16.0 Å². The van der Waals surface area contributed by atoms with Gasteiger partial charge in [0.25, 0.3) is 5.71 Å². The van der Waals surface area contributed by atoms with Crippen LogP contribution in [-0.2, 0) is 0 Å². The largest absolute Gasteiger partial charge is 0.623 e. The van der Waals surface area contributed by atoms with Gasteiger partial charge in [0.1, 0.15) is 0 Å². The maximum atomic E-state index is 11.9. The van der Waals surface area contributed by atoms with Crippen molar-refractivity contribution in [1.29, 1.82) is 5.26 Å². The number of benzene rings is 1. The number of nitrogens with zero attached hydrogens (tertiary/aromatic N) is 2. The van der Waals surface area contributed by atoms with E-state index in [0.717, 1.165) is 10.3 Å². The van der Waals surface area contributed by atoms with E-state index in [1.165, 1.54) is 0 Å². The summed E-state index contributed by atoms with van der Waals surface area (Å²) in [5, 5.41) is 20.8. The average molecular weight is 214 g/mol. The van der Waals surface area contributed by atoms with E-state index in [1.807, 2.05) is 50.2 Å². The summed E-state index contributed by atoms with van der Waals surface area (Å²) in [6, 6.07) is 11.9. The summed E-state index contributed by atoms with van der Waals surface area (Å²) in [7, 11) is 0. The van der Waals surface area contributed by atoms with Crippen molar-refractivity contribution in [3.8, 4) is 6.07 Å². The first-order chi connectivity index (χ1) is 7.57. The van der Waals surface area contributed by atoms with Gasteiger partial charge in [0, 0.05) is 13.8 Å². The normalized spacial score (nSPS) is 23.2. The molecule has 1 heterocycles. The summed E-state index contributed by atoms with van der Waals surface area (Å²) in [4.78, 5) is 0. The van der Waals surface area contributed by atoms with Gasteiger partial charge in [-0.3, -0.25) is 0 Å². The molecule has 82 valence electrons. The van der Waals surface area contributed by atoms with Crippen molar-refractivity contribution in [2.45, 2.75) is 31.7 Å². The minimum absolute atomic E-state index is 0.0980. The van der Waals surface area contributed by atoms with Crippen LogP contribution in [0.5, 0.6) is 0 Å². The standard InChI is InChI=1S/C13H14N2O/c1-13(2)12(8-11(9-14)15(13)16)10-6-4-3-5-7-10/h3-7,12H,8H2,1-2H3. The van der Waals surface area contributed by atoms with Gasteiger partial charge in [0.2, 0.25) is 0 Å². The van der Waals surface area contributed by atoms with Crippen LogP contribution >= 0.6 is 0 Å². The molecular formula is C13H14N2O. The second kappa shape index (κ2) is 3.64. The van der Waals surface area contributed by atoms with Crippen molar-refractivity contribution in [3.63, 3.8) is 0 Å². The molecule has 2 rings (SSSR count). The second-order valence-corrected chi connectivity index (χ2v) is 4.67. The lowest BCUT2D eigenvalue weighted by Gasteiger charge is -2.25. The van der Waals surface area contributed by atoms with Crippen molar-refractivity contribution in [2.24, 2.45) is 0 Å². The topological polar surface area (TPSA) is 49.9 Å². The Hall–Kier alpha value is -1.82. The van der Waals surface area contributed by atoms with Gasteiger partial charge in [-0.2, -0.15) is 10.0 Å². The van der Waals surface area contributed by atoms with Crippen LogP contribution in [0.15, 0.2) is 30.3 Å². The summed E-state index contributed by atoms with van der Waals surface area (Å²) >= 11 is 0. The van der Waals surface area contributed by atoms with Gasteiger partial charge in [-0.15, -0.1) is 0 Å². The first-order valence-corrected chi connectivity index (χ1v) is 5.35. The molecule has 0 fully saturated rings. The molecule has 0 aromatic heterocycles. The average Bonchev–Trinajstić information content (AvgIpc) is 2.52. The van der Waals surface area contributed by atoms with Crippen molar-refractivity contribution < 1.29 is 4.74 Å². The highest BCUT2D eigenvalue weighted by Crippen LogP contribution is 2.38. The molecule has 3 nitrogen and oxygen atoms in total. The molecule has 1 aromatic rings. The smallest absolute Gasteiger partial charge is 0.266 e. The molecule has 0 saturated heterocycles. The van der Waals surface area contributed by atoms with Gasteiger partial charge < -0.3 is 5.21 Å². The van der Waals surface area contributed by atoms with Gasteiger partial charge in [0.05, 0.1) is 12.3 Å². The fourth-order valence-corrected chi connectivity index (χ4v) is 2.32. The molecule has 1 aliphatic heterocycles. The Morgan fingerprint density at radius 1 is 1.38 bits per heavy atom. The van der Waals surface area contributed by atoms with E-state index in [0.29, 0.717) is 12.1 Å². The molecule has 0 aliphatic carbocycles. The Kier molecular flexibility index (Phi) is 2.43. The molecule has 1 aliphatic rings. The molecule has 16 heavy (non-hydrogen) atoms. The van der Waals surface area contributed by atoms with E-state index >= 15 is 0 Å². The van der Waals surface area contributed by atoms with E-state index in [1.54, 1.807) is 0 Å². The summed E-state index contributed by atoms with van der Waals surface area (Å²) in [6.07, 6.45) is 0.539. The van der Waals surface area contributed by atoms with Gasteiger partial charge in [-0.05, 0) is 5.56 Å². The Morgan fingerprint density at radius 2 is 2.00 bits per heavy atom. The molecule has 0 amide bonds. The van der Waals surface area contributed by atoms with Crippen LogP contribution in [0.2, 0.25) is 0 Å². The summed E-state index contributed by atoms with van der Waals surface area (Å²) < 4.78 is 0.866. The van der Waals surface area contributed by atoms with Gasteiger partial charge in [-0.1, -0.05) is 30.3 Å². The van der Waals surface area contributed by atoms with Crippen molar-refractivity contribution in [2.75, 3.05) is 0 Å². The lowest BCUT2D eigenvalue weighted by Crippen LogP contribution is -2.34. The maximum absolute atomic E-state index is 11.9. The number of hydrogen-bond acceptors (Lipinski definition) is 2. The highest BCUT2D eigenvalue weighted by molar-refractivity contribution is 5.96. The van der Waals surface area contributed by atoms with Crippen LogP contribution in [0.1, 0.15) is 31.7 Å². The predicted molar refractivity (Wildman–Crippen MR) is 62.1 cm³/mol. The Morgan fingerprint density at radius 3 is 2.50 bits per heavy atom. The zero-order valence-corrected chi connectivity index (χ0v) is 9.47. The monoisotopic (exact) mass is 214 g/mol. The third-order valence-corrected chi connectivity index (χ3v) is 3.35. The zero-order chi connectivity index (χ0) is 11.8. The summed E-state index contributed by atoms with van der Waals surface area (Å²) in [6.45, 7) is 3.78. The van der Waals surface area contributed by atoms with Crippen LogP contribution in [0.4, 0.5) is 0 Å². The number of hydroxylamine groups is 1. The number of rotatable bonds is 1. The first kappa shape index (κ1) is 10.7. The maximum Gasteiger partial charge on any atom is 0.266 e. The molecule has 1 atom stereocenters. The fourth-order valence-electron chi connectivity index (χ4n) is 2.32. The highest BCUT2D eigenvalue weighted by atomic mass is 16.5. The minimum atomic E-state index is -0.535. The Balaban J connectivity index is 2.40. The van der Waals surface area contributed by atoms with Gasteiger partial charge >= 0.3 is 0 Å². The van der Waals surface area contributed by atoms with E-state index in [9.17, 15) is 5.21 Å². The molecular weight excluding hydrogens is 200 g/mol. The molecule has 0 bridgehead atoms. The summed E-state index contributed by atoms with van der Waals surface area (Å²) in [5.41, 5.74) is 0.921. The van der Waals surface area contributed by atoms with Crippen molar-refractivity contribution >= 4 is 5.71 Å². The number of nitriles is 1. The first-order valence-electron chi connectivity index (χ1n) is 5.35. The van der Waals surface area contributed by atoms with Crippen molar-refractivity contribution in [1.82, 2.24) is 0 Å². The third-order valence-electron chi connectivity index (χ3n) is 3.35. The molecule has 3 heteroatoms. The molecule has 0 spiro atoms. The van der Waals surface area contributed by atoms with Gasteiger partial charge in [-0.25, -0.2) is 0 Å². The lowest BCUT2D eigenvalue weighted by atomic mass is 9.82. The predicted octanol–water partition coefficient (Wildman–Crippen LogP) is 2.43. The highest BCUT2D eigenvalue weighted by Gasteiger charge is 2.47. The molecule has 1 aromatic carbocycles. The van der Waals surface area contributed by atoms with E-state index in [-0.39, 0.29) is 5.92 Å². The Bertz CT molecular complexity index is 468. The van der Waals surface area contributed by atoms with E-state index < -0.39 is 5.54 Å². The van der Waals surface area contributed by atoms with Crippen LogP contribution in [0.25, 0.3) is 0 Å². The molecule has 1 unspecified atom stereocenters. The summed E-state index contributed by atoms with van der Waals surface area (Å²) in [5.74, 6) is 0.0980. The SMILES string of the molecule is CC1(C)C(c2ccccc2)CC(C#N)=[N+]1[O-]. The quantitative estimate of drug-likeness (QED) is 0.532. The minimum Gasteiger partial charge on any atom is -0.623 e. The van der Waals surface area contributed by atoms with Crippen molar-refractivity contribution in [3.05, 3.63) is 41.1 Å².